The molecule has 0 aliphatic rings. The first-order chi connectivity index (χ1) is 9.24. The lowest BCUT2D eigenvalue weighted by Gasteiger charge is -2.01. The second kappa shape index (κ2) is 5.23. The number of thiophene rings is 1. The molecule has 0 radical (unpaired) electrons. The highest BCUT2D eigenvalue weighted by atomic mass is 79.9. The van der Waals surface area contributed by atoms with Gasteiger partial charge >= 0.3 is 0 Å². The zero-order chi connectivity index (χ0) is 13.2. The highest BCUT2D eigenvalue weighted by Crippen LogP contribution is 2.34. The second-order valence-electron chi connectivity index (χ2n) is 4.16. The molecule has 94 valence electrons. The Labute approximate surface area is 124 Å². The molecule has 3 heterocycles. The number of nitrogens with zero attached hydrogens (tertiary/aromatic N) is 2. The Kier molecular flexibility index (Phi) is 3.44. The third-order valence-corrected chi connectivity index (χ3v) is 5.02. The van der Waals surface area contributed by atoms with Crippen molar-refractivity contribution < 1.29 is 0 Å². The fraction of sp³-hybridized carbons (Fsp3) is 0.0667. The summed E-state index contributed by atoms with van der Waals surface area (Å²) in [6.07, 6.45) is 3.69. The van der Waals surface area contributed by atoms with Crippen molar-refractivity contribution in [2.75, 3.05) is 0 Å². The lowest BCUT2D eigenvalue weighted by Crippen LogP contribution is -1.86. The molecule has 0 aliphatic carbocycles. The maximum absolute atomic E-state index is 4.49. The Morgan fingerprint density at radius 3 is 2.47 bits per heavy atom. The third kappa shape index (κ3) is 2.60. The Hall–Kier alpha value is -1.52. The van der Waals surface area contributed by atoms with Gasteiger partial charge in [0.15, 0.2) is 0 Å². The molecule has 0 fully saturated rings. The summed E-state index contributed by atoms with van der Waals surface area (Å²) in [6, 6.07) is 12.1. The Balaban J connectivity index is 1.95. The maximum Gasteiger partial charge on any atom is 0.0886 e. The summed E-state index contributed by atoms with van der Waals surface area (Å²) in [5.41, 5.74) is 2.94. The van der Waals surface area contributed by atoms with E-state index in [1.165, 1.54) is 9.75 Å². The predicted molar refractivity (Wildman–Crippen MR) is 83.2 cm³/mol. The van der Waals surface area contributed by atoms with E-state index in [1.54, 1.807) is 17.5 Å². The molecule has 3 aromatic heterocycles. The number of rotatable bonds is 2. The molecule has 0 bridgehead atoms. The summed E-state index contributed by atoms with van der Waals surface area (Å²) in [5.74, 6) is 0. The van der Waals surface area contributed by atoms with Crippen LogP contribution in [0.25, 0.3) is 21.8 Å². The monoisotopic (exact) mass is 330 g/mol. The van der Waals surface area contributed by atoms with Gasteiger partial charge in [-0.3, -0.25) is 9.97 Å². The first-order valence-corrected chi connectivity index (χ1v) is 7.49. The standard InChI is InChI=1S/C15H11BrN2S/c1-10-12(16)8-15(19-10)11-5-6-14(18-9-11)13-4-2-3-7-17-13/h2-9H,1H3. The van der Waals surface area contributed by atoms with Crippen LogP contribution in [0.15, 0.2) is 53.3 Å². The molecular weight excluding hydrogens is 320 g/mol. The predicted octanol–water partition coefficient (Wildman–Crippen LogP) is 4.94. The molecule has 0 N–H and O–H groups in total. The van der Waals surface area contributed by atoms with Crippen LogP contribution in [0, 0.1) is 6.92 Å². The van der Waals surface area contributed by atoms with Crippen LogP contribution in [0.2, 0.25) is 0 Å². The number of hydrogen-bond acceptors (Lipinski definition) is 3. The number of aryl methyl sites for hydroxylation is 1. The minimum Gasteiger partial charge on any atom is -0.255 e. The Morgan fingerprint density at radius 1 is 1.05 bits per heavy atom. The molecule has 0 aliphatic heterocycles. The van der Waals surface area contributed by atoms with Crippen LogP contribution in [0.4, 0.5) is 0 Å². The Morgan fingerprint density at radius 2 is 1.89 bits per heavy atom. The van der Waals surface area contributed by atoms with Crippen LogP contribution in [0.1, 0.15) is 4.88 Å². The number of pyridine rings is 2. The van der Waals surface area contributed by atoms with Crippen LogP contribution in [0.3, 0.4) is 0 Å². The summed E-state index contributed by atoms with van der Waals surface area (Å²) >= 11 is 5.31. The van der Waals surface area contributed by atoms with Gasteiger partial charge in [-0.1, -0.05) is 6.07 Å². The summed E-state index contributed by atoms with van der Waals surface area (Å²) in [5, 5.41) is 0. The van der Waals surface area contributed by atoms with Gasteiger partial charge in [0.2, 0.25) is 0 Å². The molecule has 3 aromatic rings. The van der Waals surface area contributed by atoms with Gasteiger partial charge in [0.25, 0.3) is 0 Å². The van der Waals surface area contributed by atoms with Crippen molar-refractivity contribution in [3.05, 3.63) is 58.1 Å². The fourth-order valence-corrected chi connectivity index (χ4v) is 3.33. The van der Waals surface area contributed by atoms with E-state index >= 15 is 0 Å². The highest BCUT2D eigenvalue weighted by Gasteiger charge is 2.06. The van der Waals surface area contributed by atoms with E-state index in [2.05, 4.69) is 45.0 Å². The second-order valence-corrected chi connectivity index (χ2v) is 6.27. The van der Waals surface area contributed by atoms with Gasteiger partial charge < -0.3 is 0 Å². The first-order valence-electron chi connectivity index (χ1n) is 5.88. The lowest BCUT2D eigenvalue weighted by molar-refractivity contribution is 1.25. The molecule has 0 atom stereocenters. The quantitative estimate of drug-likeness (QED) is 0.664. The van der Waals surface area contributed by atoms with Gasteiger partial charge in [0, 0.05) is 32.2 Å². The van der Waals surface area contributed by atoms with Crippen LogP contribution in [-0.2, 0) is 0 Å². The molecule has 2 nitrogen and oxygen atoms in total. The smallest absolute Gasteiger partial charge is 0.0886 e. The van der Waals surface area contributed by atoms with E-state index in [9.17, 15) is 0 Å². The molecule has 0 saturated carbocycles. The van der Waals surface area contributed by atoms with Crippen molar-refractivity contribution in [2.24, 2.45) is 0 Å². The van der Waals surface area contributed by atoms with E-state index in [4.69, 9.17) is 0 Å². The molecule has 0 aromatic carbocycles. The van der Waals surface area contributed by atoms with Gasteiger partial charge in [-0.2, -0.15) is 0 Å². The van der Waals surface area contributed by atoms with Crippen molar-refractivity contribution in [1.82, 2.24) is 9.97 Å². The molecule has 0 spiro atoms. The summed E-state index contributed by atoms with van der Waals surface area (Å²) in [7, 11) is 0. The average Bonchev–Trinajstić information content (AvgIpc) is 2.80. The lowest BCUT2D eigenvalue weighted by atomic mass is 10.2. The van der Waals surface area contributed by atoms with E-state index in [-0.39, 0.29) is 0 Å². The third-order valence-electron chi connectivity index (χ3n) is 2.83. The van der Waals surface area contributed by atoms with Crippen molar-refractivity contribution in [3.8, 4) is 21.8 Å². The molecule has 0 amide bonds. The molecule has 3 rings (SSSR count). The number of aromatic nitrogens is 2. The minimum atomic E-state index is 0.900. The first kappa shape index (κ1) is 12.5. The van der Waals surface area contributed by atoms with E-state index in [0.29, 0.717) is 0 Å². The van der Waals surface area contributed by atoms with E-state index in [0.717, 1.165) is 21.4 Å². The summed E-state index contributed by atoms with van der Waals surface area (Å²) in [4.78, 5) is 11.3. The van der Waals surface area contributed by atoms with Crippen molar-refractivity contribution in [2.45, 2.75) is 6.92 Å². The average molecular weight is 331 g/mol. The Bertz CT molecular complexity index is 670. The van der Waals surface area contributed by atoms with Gasteiger partial charge in [-0.25, -0.2) is 0 Å². The van der Waals surface area contributed by atoms with E-state index < -0.39 is 0 Å². The molecule has 0 unspecified atom stereocenters. The highest BCUT2D eigenvalue weighted by molar-refractivity contribution is 9.10. The SMILES string of the molecule is Cc1sc(-c2ccc(-c3ccccn3)nc2)cc1Br. The van der Waals surface area contributed by atoms with Crippen LogP contribution in [0.5, 0.6) is 0 Å². The van der Waals surface area contributed by atoms with Crippen LogP contribution < -0.4 is 0 Å². The zero-order valence-corrected chi connectivity index (χ0v) is 12.7. The van der Waals surface area contributed by atoms with Crippen LogP contribution in [-0.4, -0.2) is 9.97 Å². The molecule has 4 heteroatoms. The van der Waals surface area contributed by atoms with Gasteiger partial charge in [0.05, 0.1) is 11.4 Å². The van der Waals surface area contributed by atoms with Crippen molar-refractivity contribution >= 4 is 27.3 Å². The molecule has 0 saturated heterocycles. The summed E-state index contributed by atoms with van der Waals surface area (Å²) < 4.78 is 1.15. The molecule has 19 heavy (non-hydrogen) atoms. The van der Waals surface area contributed by atoms with Gasteiger partial charge in [0.1, 0.15) is 0 Å². The van der Waals surface area contributed by atoms with Gasteiger partial charge in [-0.15, -0.1) is 11.3 Å². The fourth-order valence-electron chi connectivity index (χ4n) is 1.81. The maximum atomic E-state index is 4.49. The summed E-state index contributed by atoms with van der Waals surface area (Å²) in [6.45, 7) is 2.11. The normalized spacial score (nSPS) is 10.6. The topological polar surface area (TPSA) is 25.8 Å². The van der Waals surface area contributed by atoms with Gasteiger partial charge in [-0.05, 0) is 53.2 Å². The van der Waals surface area contributed by atoms with Crippen molar-refractivity contribution in [3.63, 3.8) is 0 Å². The van der Waals surface area contributed by atoms with Crippen LogP contribution >= 0.6 is 27.3 Å². The largest absolute Gasteiger partial charge is 0.255 e. The number of hydrogen-bond donors (Lipinski definition) is 0. The van der Waals surface area contributed by atoms with Crippen molar-refractivity contribution in [1.29, 1.82) is 0 Å². The number of halogens is 1. The zero-order valence-electron chi connectivity index (χ0n) is 10.3. The van der Waals surface area contributed by atoms with E-state index in [1.807, 2.05) is 30.5 Å². The minimum absolute atomic E-state index is 0.900. The molecular formula is C15H11BrN2S.